The summed E-state index contributed by atoms with van der Waals surface area (Å²) < 4.78 is 35.5. The van der Waals surface area contributed by atoms with E-state index in [2.05, 4.69) is 32.6 Å². The van der Waals surface area contributed by atoms with E-state index in [0.29, 0.717) is 47.5 Å². The molecule has 0 bridgehead atoms. The summed E-state index contributed by atoms with van der Waals surface area (Å²) in [6.45, 7) is 8.64. The Kier molecular flexibility index (Phi) is 13.5. The fourth-order valence-electron chi connectivity index (χ4n) is 15.6. The zero-order chi connectivity index (χ0) is 45.0. The molecule has 9 fully saturated rings. The summed E-state index contributed by atoms with van der Waals surface area (Å²) in [5.74, 6) is 3.97. The molecule has 9 aliphatic rings. The van der Waals surface area contributed by atoms with E-state index >= 15 is 0 Å². The number of aliphatic hydroxyl groups excluding tert-OH is 11. The molecule has 11 N–H and O–H groups in total. The lowest BCUT2D eigenvalue weighted by Crippen LogP contribution is -2.67. The predicted octanol–water partition coefficient (Wildman–Crippen LogP) is -1.82. The van der Waals surface area contributed by atoms with Gasteiger partial charge in [0.25, 0.3) is 0 Å². The number of rotatable bonds is 9. The van der Waals surface area contributed by atoms with Crippen molar-refractivity contribution >= 4 is 0 Å². The van der Waals surface area contributed by atoms with Crippen molar-refractivity contribution < 1.29 is 84.6 Å². The monoisotopic (exact) mass is 902 g/mol. The quantitative estimate of drug-likeness (QED) is 0.114. The maximum atomic E-state index is 11.5. The molecule has 362 valence electrons. The summed E-state index contributed by atoms with van der Waals surface area (Å²) in [7, 11) is 0. The van der Waals surface area contributed by atoms with Crippen LogP contribution < -0.4 is 0 Å². The van der Waals surface area contributed by atoms with Gasteiger partial charge in [-0.05, 0) is 110 Å². The lowest BCUT2D eigenvalue weighted by atomic mass is 9.44. The number of fused-ring (bicyclic) bond motifs is 9. The number of aliphatic hydroxyl groups is 11. The molecule has 4 saturated carbocycles. The molecular formula is C45H75NO17. The summed E-state index contributed by atoms with van der Waals surface area (Å²) in [5, 5.41) is 117. The molecule has 1 unspecified atom stereocenters. The molecule has 0 radical (unpaired) electrons. The third kappa shape index (κ3) is 7.79. The van der Waals surface area contributed by atoms with E-state index in [-0.39, 0.29) is 29.1 Å². The van der Waals surface area contributed by atoms with Gasteiger partial charge in [0.15, 0.2) is 18.9 Å². The van der Waals surface area contributed by atoms with E-state index in [0.717, 1.165) is 38.6 Å². The SMILES string of the molecule is CC1C[C@H](O)[C@@H]2[C@@H](C)[C@H]3[C@H](C[C@H]4[C@@H]5CC[C@H]6C[C@@H](O[C@@H]7O[C@H](CO)[C@H](O[C@@H]8O[C@H](CO)[C@@H](O)[C@H](O)[C@H]8O[C@@H]8O[C@H](CO)[C@@H](O)[C@H](O)[C@H]8O)[C@H](O)[C@H]7O)CC[C@]6(C)[C@H]5CC[C@]34C)N2C1. The van der Waals surface area contributed by atoms with Crippen LogP contribution in [0.2, 0.25) is 0 Å². The molecule has 0 aromatic heterocycles. The van der Waals surface area contributed by atoms with Gasteiger partial charge >= 0.3 is 0 Å². The molecule has 5 saturated heterocycles. The lowest BCUT2D eigenvalue weighted by Gasteiger charge is -2.61. The third-order valence-corrected chi connectivity index (χ3v) is 18.6. The standard InChI is InChI=1S/C45H75NO17/c1-18-11-26(50)31-19(2)30-25(46(31)14-18)13-24-22-6-5-20-12-21(7-9-44(20,3)23(22)8-10-45(24,30)4)58-41-38(57)36(55)39(29(17-49)61-41)62-43-40(35(54)33(52)28(16-48)60-43)63-42-37(56)34(53)32(51)27(15-47)59-42/h18-43,47-57H,5-17H2,1-4H3/t18?,19-,20-,21-,22+,23-,24-,25-,26-,27+,28+,29+,30-,31-,32+,33+,34-,35-,36+,37+,38+,39-,40+,41+,42-,43-,44-,45-/m0/s1. The topological polar surface area (TPSA) is 281 Å². The van der Waals surface area contributed by atoms with Crippen LogP contribution in [-0.4, -0.2) is 204 Å². The largest absolute Gasteiger partial charge is 0.394 e. The molecule has 4 aliphatic carbocycles. The minimum atomic E-state index is -1.89. The first-order valence-electron chi connectivity index (χ1n) is 23.9. The second-order valence-corrected chi connectivity index (χ2v) is 21.8. The number of hydrogen-bond acceptors (Lipinski definition) is 18. The van der Waals surface area contributed by atoms with Crippen molar-refractivity contribution in [3.63, 3.8) is 0 Å². The number of ether oxygens (including phenoxy) is 6. The van der Waals surface area contributed by atoms with Gasteiger partial charge in [0, 0.05) is 18.6 Å². The highest BCUT2D eigenvalue weighted by molar-refractivity contribution is 5.18. The van der Waals surface area contributed by atoms with Crippen LogP contribution in [0.3, 0.4) is 0 Å². The van der Waals surface area contributed by atoms with Gasteiger partial charge in [0.05, 0.1) is 32.0 Å². The first kappa shape index (κ1) is 47.4. The van der Waals surface area contributed by atoms with Crippen LogP contribution in [0.4, 0.5) is 0 Å². The fourth-order valence-corrected chi connectivity index (χ4v) is 15.6. The van der Waals surface area contributed by atoms with Crippen LogP contribution in [0.1, 0.15) is 85.5 Å². The highest BCUT2D eigenvalue weighted by Crippen LogP contribution is 2.71. The van der Waals surface area contributed by atoms with E-state index in [4.69, 9.17) is 28.4 Å². The first-order chi connectivity index (χ1) is 29.9. The zero-order valence-electron chi connectivity index (χ0n) is 37.0. The van der Waals surface area contributed by atoms with Crippen LogP contribution >= 0.6 is 0 Å². The van der Waals surface area contributed by atoms with Crippen molar-refractivity contribution in [3.8, 4) is 0 Å². The van der Waals surface area contributed by atoms with Gasteiger partial charge in [-0.15, -0.1) is 0 Å². The summed E-state index contributed by atoms with van der Waals surface area (Å²) >= 11 is 0. The van der Waals surface area contributed by atoms with Gasteiger partial charge < -0.3 is 84.6 Å². The van der Waals surface area contributed by atoms with Crippen LogP contribution in [0.5, 0.6) is 0 Å². The highest BCUT2D eigenvalue weighted by atomic mass is 16.8. The Morgan fingerprint density at radius 3 is 1.86 bits per heavy atom. The van der Waals surface area contributed by atoms with Crippen molar-refractivity contribution in [2.45, 2.75) is 202 Å². The van der Waals surface area contributed by atoms with Crippen molar-refractivity contribution in [2.75, 3.05) is 26.4 Å². The average molecular weight is 902 g/mol. The molecule has 5 aliphatic heterocycles. The Morgan fingerprint density at radius 2 is 1.16 bits per heavy atom. The van der Waals surface area contributed by atoms with Gasteiger partial charge in [-0.1, -0.05) is 27.7 Å². The smallest absolute Gasteiger partial charge is 0.187 e. The minimum Gasteiger partial charge on any atom is -0.394 e. The average Bonchev–Trinajstić information content (AvgIpc) is 3.73. The second kappa shape index (κ2) is 18.0. The molecule has 18 heteroatoms. The van der Waals surface area contributed by atoms with Crippen LogP contribution in [0.25, 0.3) is 0 Å². The van der Waals surface area contributed by atoms with Crippen molar-refractivity contribution in [2.24, 2.45) is 52.3 Å². The maximum absolute atomic E-state index is 11.5. The van der Waals surface area contributed by atoms with E-state index < -0.39 is 112 Å². The number of nitrogens with zero attached hydrogens (tertiary/aromatic N) is 1. The fraction of sp³-hybridized carbons (Fsp3) is 1.00. The molecule has 63 heavy (non-hydrogen) atoms. The van der Waals surface area contributed by atoms with Crippen LogP contribution in [-0.2, 0) is 28.4 Å². The zero-order valence-corrected chi connectivity index (χ0v) is 37.0. The predicted molar refractivity (Wildman–Crippen MR) is 218 cm³/mol. The number of piperidine rings is 1. The van der Waals surface area contributed by atoms with Gasteiger partial charge in [-0.3, -0.25) is 4.90 Å². The molecule has 28 atom stereocenters. The molecule has 0 amide bonds. The van der Waals surface area contributed by atoms with Crippen LogP contribution in [0.15, 0.2) is 0 Å². The van der Waals surface area contributed by atoms with Gasteiger partial charge in [-0.25, -0.2) is 0 Å². The molecule has 0 aromatic rings. The Morgan fingerprint density at radius 1 is 0.571 bits per heavy atom. The summed E-state index contributed by atoms with van der Waals surface area (Å²) in [4.78, 5) is 2.72. The summed E-state index contributed by atoms with van der Waals surface area (Å²) in [6, 6.07) is 0.831. The molecular weight excluding hydrogens is 826 g/mol. The van der Waals surface area contributed by atoms with Gasteiger partial charge in [-0.2, -0.15) is 0 Å². The van der Waals surface area contributed by atoms with E-state index in [1.54, 1.807) is 0 Å². The number of hydrogen-bond donors (Lipinski definition) is 11. The highest BCUT2D eigenvalue weighted by Gasteiger charge is 2.68. The molecule has 9 rings (SSSR count). The molecule has 5 heterocycles. The van der Waals surface area contributed by atoms with Gasteiger partial charge in [0.1, 0.15) is 73.2 Å². The second-order valence-electron chi connectivity index (χ2n) is 21.8. The third-order valence-electron chi connectivity index (χ3n) is 18.6. The van der Waals surface area contributed by atoms with E-state index in [1.807, 2.05) is 0 Å². The normalized spacial score (nSPS) is 58.3. The molecule has 18 nitrogen and oxygen atoms in total. The Bertz CT molecular complexity index is 1580. The van der Waals surface area contributed by atoms with E-state index in [1.165, 1.54) is 25.7 Å². The van der Waals surface area contributed by atoms with Crippen molar-refractivity contribution in [3.05, 3.63) is 0 Å². The Hall–Kier alpha value is -0.720. The summed E-state index contributed by atoms with van der Waals surface area (Å²) in [5.41, 5.74) is 0.417. The van der Waals surface area contributed by atoms with Crippen LogP contribution in [0, 0.1) is 52.3 Å². The Balaban J connectivity index is 0.843. The maximum Gasteiger partial charge on any atom is 0.187 e. The Labute approximate surface area is 369 Å². The molecule has 0 aromatic carbocycles. The van der Waals surface area contributed by atoms with Crippen molar-refractivity contribution in [1.82, 2.24) is 4.90 Å². The van der Waals surface area contributed by atoms with Crippen molar-refractivity contribution in [1.29, 1.82) is 0 Å². The van der Waals surface area contributed by atoms with E-state index in [9.17, 15) is 56.2 Å². The summed E-state index contributed by atoms with van der Waals surface area (Å²) in [6.07, 6.45) is -15.8. The van der Waals surface area contributed by atoms with Gasteiger partial charge in [0.2, 0.25) is 0 Å². The minimum absolute atomic E-state index is 0.142. The first-order valence-corrected chi connectivity index (χ1v) is 23.9. The lowest BCUT2D eigenvalue weighted by molar-refractivity contribution is -0.390. The molecule has 0 spiro atoms.